The fourth-order valence-electron chi connectivity index (χ4n) is 2.85. The van der Waals surface area contributed by atoms with Gasteiger partial charge in [0.1, 0.15) is 30.3 Å². The van der Waals surface area contributed by atoms with E-state index in [9.17, 15) is 46.0 Å². The number of halogens is 6. The Bertz CT molecular complexity index is 1020. The van der Waals surface area contributed by atoms with Crippen LogP contribution < -0.4 is 9.47 Å². The van der Waals surface area contributed by atoms with Crippen LogP contribution in [0.15, 0.2) is 17.7 Å². The van der Waals surface area contributed by atoms with Gasteiger partial charge in [-0.1, -0.05) is 6.92 Å². The monoisotopic (exact) mass is 519 g/mol. The first-order chi connectivity index (χ1) is 16.1. The van der Waals surface area contributed by atoms with Gasteiger partial charge in [0.15, 0.2) is 0 Å². The lowest BCUT2D eigenvalue weighted by atomic mass is 9.95. The van der Waals surface area contributed by atoms with Crippen molar-refractivity contribution in [1.29, 1.82) is 0 Å². The first-order valence-electron chi connectivity index (χ1n) is 9.25. The molecule has 1 aromatic carbocycles. The molecule has 11 nitrogen and oxygen atoms in total. The van der Waals surface area contributed by atoms with E-state index in [0.717, 1.165) is 6.07 Å². The smallest absolute Gasteiger partial charge is 0.465 e. The van der Waals surface area contributed by atoms with Crippen LogP contribution in [-0.4, -0.2) is 55.9 Å². The first kappa shape index (κ1) is 27.3. The molecule has 1 atom stereocenters. The van der Waals surface area contributed by atoms with Gasteiger partial charge in [-0.3, -0.25) is 0 Å². The molecule has 0 spiro atoms. The maximum atomic E-state index is 14.2. The number of hydrogen-bond donors (Lipinski definition) is 0. The summed E-state index contributed by atoms with van der Waals surface area (Å²) < 4.78 is 102. The number of carbonyl (C=O) groups is 2. The molecule has 0 bridgehead atoms. The van der Waals surface area contributed by atoms with E-state index in [1.54, 1.807) is 0 Å². The Balaban J connectivity index is 2.57. The van der Waals surface area contributed by atoms with Crippen molar-refractivity contribution < 1.29 is 69.5 Å². The third-order valence-electron chi connectivity index (χ3n) is 4.19. The van der Waals surface area contributed by atoms with Crippen LogP contribution in [0.4, 0.5) is 31.1 Å². The zero-order chi connectivity index (χ0) is 26.6. The van der Waals surface area contributed by atoms with Gasteiger partial charge in [-0.05, 0) is 30.2 Å². The average molecular weight is 519 g/mol. The largest absolute Gasteiger partial charge is 0.573 e. The summed E-state index contributed by atoms with van der Waals surface area (Å²) in [5.74, 6) is -7.35. The molecule has 1 aliphatic rings. The van der Waals surface area contributed by atoms with Gasteiger partial charge >= 0.3 is 30.5 Å². The molecule has 0 aliphatic carbocycles. The van der Waals surface area contributed by atoms with E-state index in [2.05, 4.69) is 23.8 Å². The van der Waals surface area contributed by atoms with Crippen LogP contribution in [0.2, 0.25) is 0 Å². The second-order valence-corrected chi connectivity index (χ2v) is 6.43. The van der Waals surface area contributed by atoms with Crippen molar-refractivity contribution >= 4 is 18.2 Å². The number of benzene rings is 1. The second kappa shape index (κ2) is 10.1. The number of aryl methyl sites for hydroxylation is 1. The topological polar surface area (TPSA) is 133 Å². The molecule has 0 fully saturated rings. The lowest BCUT2D eigenvalue weighted by molar-refractivity contribution is -0.757. The van der Waals surface area contributed by atoms with Crippen molar-refractivity contribution in [1.82, 2.24) is 0 Å². The summed E-state index contributed by atoms with van der Waals surface area (Å²) >= 11 is 0. The summed E-state index contributed by atoms with van der Waals surface area (Å²) in [6, 6.07) is 1.40. The highest BCUT2D eigenvalue weighted by Crippen LogP contribution is 2.49. The maximum Gasteiger partial charge on any atom is 0.573 e. The van der Waals surface area contributed by atoms with E-state index in [1.165, 1.54) is 6.92 Å². The molecular weight excluding hydrogens is 504 g/mol. The van der Waals surface area contributed by atoms with E-state index in [4.69, 9.17) is 4.74 Å². The van der Waals surface area contributed by atoms with Crippen LogP contribution in [0.25, 0.3) is 6.08 Å². The molecule has 1 aliphatic heterocycles. The van der Waals surface area contributed by atoms with E-state index in [0.29, 0.717) is 19.3 Å². The van der Waals surface area contributed by atoms with E-state index >= 15 is 0 Å². The predicted molar refractivity (Wildman–Crippen MR) is 97.3 cm³/mol. The van der Waals surface area contributed by atoms with Gasteiger partial charge in [-0.25, -0.2) is 9.59 Å². The Morgan fingerprint density at radius 2 is 1.80 bits per heavy atom. The standard InChI is InChI=1S/C18H15F6NO10/c1-3-9-6-11(33-18(22,23)24)7-10-8-12(14(26)30-2)16(17(19,20)21,34-13(9)10)35-15(27)31-4-5-32-25(28)29/h6-8H,3-5H2,1-2H3/t16-/m1/s1. The molecule has 0 saturated heterocycles. The SMILES string of the molecule is CCc1cc(OC(F)(F)F)cc2c1O[C@](OC(=O)OCCO[N+](=O)[O-])(C(F)(F)F)C(C(=O)OC)=C2. The zero-order valence-corrected chi connectivity index (χ0v) is 17.7. The van der Waals surface area contributed by atoms with Crippen LogP contribution in [0.3, 0.4) is 0 Å². The summed E-state index contributed by atoms with van der Waals surface area (Å²) in [5.41, 5.74) is -2.14. The number of rotatable bonds is 8. The number of nitrogens with zero attached hydrogens (tertiary/aromatic N) is 1. The molecule has 1 heterocycles. The normalized spacial score (nSPS) is 17.3. The molecular formula is C18H15F6NO10. The van der Waals surface area contributed by atoms with E-state index < -0.39 is 71.4 Å². The van der Waals surface area contributed by atoms with Crippen molar-refractivity contribution in [2.45, 2.75) is 31.7 Å². The zero-order valence-electron chi connectivity index (χ0n) is 17.7. The molecule has 0 saturated carbocycles. The highest BCUT2D eigenvalue weighted by molar-refractivity contribution is 5.97. The molecule has 194 valence electrons. The second-order valence-electron chi connectivity index (χ2n) is 6.43. The highest BCUT2D eigenvalue weighted by atomic mass is 19.4. The third kappa shape index (κ3) is 6.36. The number of hydrogen-bond acceptors (Lipinski definition) is 10. The molecule has 0 N–H and O–H groups in total. The summed E-state index contributed by atoms with van der Waals surface area (Å²) in [7, 11) is 0.688. The van der Waals surface area contributed by atoms with Crippen LogP contribution in [0, 0.1) is 10.1 Å². The third-order valence-corrected chi connectivity index (χ3v) is 4.19. The van der Waals surface area contributed by atoms with E-state index in [1.807, 2.05) is 0 Å². The summed E-state index contributed by atoms with van der Waals surface area (Å²) in [4.78, 5) is 38.1. The Morgan fingerprint density at radius 1 is 1.14 bits per heavy atom. The lowest BCUT2D eigenvalue weighted by Crippen LogP contribution is -2.58. The minimum atomic E-state index is -5.66. The highest BCUT2D eigenvalue weighted by Gasteiger charge is 2.68. The van der Waals surface area contributed by atoms with Crippen molar-refractivity contribution in [2.75, 3.05) is 20.3 Å². The van der Waals surface area contributed by atoms with E-state index in [-0.39, 0.29) is 12.0 Å². The number of esters is 1. The number of methoxy groups -OCH3 is 1. The van der Waals surface area contributed by atoms with Gasteiger partial charge in [0, 0.05) is 5.56 Å². The van der Waals surface area contributed by atoms with Crippen LogP contribution in [-0.2, 0) is 30.3 Å². The molecule has 0 amide bonds. The Hall–Kier alpha value is -3.92. The van der Waals surface area contributed by atoms with Gasteiger partial charge in [0.25, 0.3) is 5.09 Å². The molecule has 2 rings (SSSR count). The van der Waals surface area contributed by atoms with Gasteiger partial charge < -0.3 is 28.5 Å². The quantitative estimate of drug-likeness (QED) is 0.165. The fraction of sp³-hybridized carbons (Fsp3) is 0.444. The molecule has 0 aromatic heterocycles. The molecule has 0 radical (unpaired) electrons. The summed E-state index contributed by atoms with van der Waals surface area (Å²) in [5, 5.41) is 8.83. The lowest BCUT2D eigenvalue weighted by Gasteiger charge is -2.38. The van der Waals surface area contributed by atoms with Crippen molar-refractivity contribution in [3.8, 4) is 11.5 Å². The molecule has 17 heteroatoms. The molecule has 35 heavy (non-hydrogen) atoms. The van der Waals surface area contributed by atoms with Gasteiger partial charge in [0.05, 0.1) is 7.11 Å². The number of ether oxygens (including phenoxy) is 5. The van der Waals surface area contributed by atoms with Crippen LogP contribution in [0.1, 0.15) is 18.1 Å². The number of alkyl halides is 6. The first-order valence-corrected chi connectivity index (χ1v) is 9.25. The van der Waals surface area contributed by atoms with Gasteiger partial charge in [0.2, 0.25) is 0 Å². The minimum absolute atomic E-state index is 0.171. The van der Waals surface area contributed by atoms with Gasteiger partial charge in [-0.15, -0.1) is 23.3 Å². The average Bonchev–Trinajstić information content (AvgIpc) is 2.73. The number of carbonyl (C=O) groups excluding carboxylic acids is 2. The minimum Gasteiger partial charge on any atom is -0.465 e. The maximum absolute atomic E-state index is 14.2. The number of fused-ring (bicyclic) bond motifs is 1. The van der Waals surface area contributed by atoms with Crippen LogP contribution in [0.5, 0.6) is 11.5 Å². The Kier molecular flexibility index (Phi) is 7.92. The van der Waals surface area contributed by atoms with Crippen molar-refractivity contribution in [3.63, 3.8) is 0 Å². The van der Waals surface area contributed by atoms with Gasteiger partial charge in [-0.2, -0.15) is 13.2 Å². The predicted octanol–water partition coefficient (Wildman–Crippen LogP) is 3.72. The van der Waals surface area contributed by atoms with Crippen molar-refractivity contribution in [3.05, 3.63) is 38.9 Å². The summed E-state index contributed by atoms with van der Waals surface area (Å²) in [6.07, 6.45) is -12.6. The molecule has 0 unspecified atom stereocenters. The molecule has 1 aromatic rings. The Morgan fingerprint density at radius 3 is 2.31 bits per heavy atom. The fourth-order valence-corrected chi connectivity index (χ4v) is 2.85. The van der Waals surface area contributed by atoms with Crippen LogP contribution >= 0.6 is 0 Å². The Labute approximate surface area is 191 Å². The van der Waals surface area contributed by atoms with Crippen molar-refractivity contribution in [2.24, 2.45) is 0 Å². The summed E-state index contributed by atoms with van der Waals surface area (Å²) in [6.45, 7) is -0.401.